The summed E-state index contributed by atoms with van der Waals surface area (Å²) in [6.07, 6.45) is 2.47. The Morgan fingerprint density at radius 1 is 1.00 bits per heavy atom. The first kappa shape index (κ1) is 30.4. The number of rotatable bonds is 8. The zero-order valence-electron chi connectivity index (χ0n) is 24.9. The van der Waals surface area contributed by atoms with E-state index in [-0.39, 0.29) is 46.4 Å². The minimum Gasteiger partial charge on any atom is -0.323 e. The largest absolute Gasteiger partial charge is 0.325 e. The van der Waals surface area contributed by atoms with E-state index in [4.69, 9.17) is 0 Å². The van der Waals surface area contributed by atoms with Crippen molar-refractivity contribution in [1.29, 1.82) is 0 Å². The fraction of sp³-hybridized carbons (Fsp3) is 0.531. The Labute approximate surface area is 248 Å². The van der Waals surface area contributed by atoms with E-state index in [2.05, 4.69) is 48.4 Å². The van der Waals surface area contributed by atoms with Crippen molar-refractivity contribution in [3.05, 3.63) is 65.7 Å². The summed E-state index contributed by atoms with van der Waals surface area (Å²) >= 11 is 0. The van der Waals surface area contributed by atoms with Gasteiger partial charge in [-0.2, -0.15) is 0 Å². The summed E-state index contributed by atoms with van der Waals surface area (Å²) in [5, 5.41) is 6.50. The highest BCUT2D eigenvalue weighted by Gasteiger charge is 2.54. The highest BCUT2D eigenvalue weighted by Crippen LogP contribution is 2.38. The molecule has 1 spiro atoms. The molecule has 5 rings (SSSR count). The molecule has 3 heterocycles. The topological polar surface area (TPSA) is 116 Å². The molecule has 42 heavy (non-hydrogen) atoms. The second-order valence-corrected chi connectivity index (χ2v) is 15.4. The van der Waals surface area contributed by atoms with E-state index in [1.54, 1.807) is 12.1 Å². The molecule has 3 amide bonds. The summed E-state index contributed by atoms with van der Waals surface area (Å²) < 4.78 is 23.6. The fourth-order valence-electron chi connectivity index (χ4n) is 6.80. The van der Waals surface area contributed by atoms with E-state index in [0.717, 1.165) is 19.3 Å². The van der Waals surface area contributed by atoms with Crippen LogP contribution in [0.1, 0.15) is 57.1 Å². The number of benzene rings is 2. The molecule has 3 aliphatic heterocycles. The van der Waals surface area contributed by atoms with Crippen LogP contribution in [0.4, 0.5) is 4.79 Å². The maximum atomic E-state index is 13.9. The SMILES string of the molecule is CC(C)(C)CC(=O)C([C@@H]1CNC[C@@H]1c1ccccc1)N1CCC2(CC1)NC(=O)N(Cc1ccc(S(C)(=O)=O)cc1)C2=O. The fourth-order valence-corrected chi connectivity index (χ4v) is 7.43. The molecular weight excluding hydrogens is 552 g/mol. The molecular formula is C32H42N4O5S. The van der Waals surface area contributed by atoms with E-state index in [1.807, 2.05) is 18.2 Å². The number of imide groups is 1. The third-order valence-electron chi connectivity index (χ3n) is 8.91. The van der Waals surface area contributed by atoms with Crippen LogP contribution in [0, 0.1) is 11.3 Å². The number of hydrogen-bond donors (Lipinski definition) is 2. The van der Waals surface area contributed by atoms with Gasteiger partial charge in [-0.15, -0.1) is 0 Å². The van der Waals surface area contributed by atoms with Gasteiger partial charge in [0.25, 0.3) is 5.91 Å². The van der Waals surface area contributed by atoms with Crippen LogP contribution in [0.2, 0.25) is 0 Å². The van der Waals surface area contributed by atoms with Crippen LogP contribution in [0.5, 0.6) is 0 Å². The first-order valence-corrected chi connectivity index (χ1v) is 16.6. The molecule has 1 unspecified atom stereocenters. The van der Waals surface area contributed by atoms with E-state index >= 15 is 0 Å². The number of urea groups is 1. The van der Waals surface area contributed by atoms with Crippen LogP contribution in [-0.2, 0) is 26.0 Å². The second kappa shape index (κ2) is 11.5. The predicted molar refractivity (Wildman–Crippen MR) is 161 cm³/mol. The van der Waals surface area contributed by atoms with Gasteiger partial charge in [0.05, 0.1) is 17.5 Å². The van der Waals surface area contributed by atoms with Crippen LogP contribution < -0.4 is 10.6 Å². The molecule has 2 N–H and O–H groups in total. The predicted octanol–water partition coefficient (Wildman–Crippen LogP) is 3.35. The number of nitrogens with zero attached hydrogens (tertiary/aromatic N) is 2. The molecule has 9 nitrogen and oxygen atoms in total. The lowest BCUT2D eigenvalue weighted by atomic mass is 9.76. The first-order chi connectivity index (χ1) is 19.8. The van der Waals surface area contributed by atoms with Gasteiger partial charge in [-0.3, -0.25) is 19.4 Å². The summed E-state index contributed by atoms with van der Waals surface area (Å²) in [4.78, 5) is 44.3. The van der Waals surface area contributed by atoms with Crippen LogP contribution in [0.15, 0.2) is 59.5 Å². The van der Waals surface area contributed by atoms with Gasteiger partial charge in [-0.05, 0) is 41.5 Å². The van der Waals surface area contributed by atoms with Crippen molar-refractivity contribution in [2.75, 3.05) is 32.4 Å². The van der Waals surface area contributed by atoms with Gasteiger partial charge in [0, 0.05) is 50.7 Å². The number of carbonyl (C=O) groups is 3. The van der Waals surface area contributed by atoms with Crippen molar-refractivity contribution in [2.24, 2.45) is 11.3 Å². The molecule has 2 aromatic carbocycles. The summed E-state index contributed by atoms with van der Waals surface area (Å²) in [6, 6.07) is 15.9. The molecule has 0 aromatic heterocycles. The van der Waals surface area contributed by atoms with Gasteiger partial charge < -0.3 is 10.6 Å². The zero-order chi connectivity index (χ0) is 30.3. The third kappa shape index (κ3) is 6.31. The maximum Gasteiger partial charge on any atom is 0.325 e. The van der Waals surface area contributed by atoms with Crippen molar-refractivity contribution in [2.45, 2.75) is 69.0 Å². The Balaban J connectivity index is 1.32. The molecule has 3 saturated heterocycles. The van der Waals surface area contributed by atoms with Crippen molar-refractivity contribution >= 4 is 27.6 Å². The van der Waals surface area contributed by atoms with Gasteiger partial charge in [0.2, 0.25) is 0 Å². The third-order valence-corrected chi connectivity index (χ3v) is 10.0. The Bertz CT molecular complexity index is 1430. The highest BCUT2D eigenvalue weighted by molar-refractivity contribution is 7.90. The number of sulfone groups is 1. The number of Topliss-reactive ketones (excluding diaryl/α,β-unsaturated/α-hetero) is 1. The maximum absolute atomic E-state index is 13.9. The number of carbonyl (C=O) groups excluding carboxylic acids is 3. The molecule has 3 fully saturated rings. The number of piperidine rings is 1. The normalized spacial score (nSPS) is 23.8. The minimum absolute atomic E-state index is 0.0688. The van der Waals surface area contributed by atoms with Crippen LogP contribution in [0.3, 0.4) is 0 Å². The van der Waals surface area contributed by atoms with E-state index in [0.29, 0.717) is 37.9 Å². The first-order valence-electron chi connectivity index (χ1n) is 14.7. The lowest BCUT2D eigenvalue weighted by Crippen LogP contribution is -2.59. The average molecular weight is 595 g/mol. The highest BCUT2D eigenvalue weighted by atomic mass is 32.2. The van der Waals surface area contributed by atoms with Gasteiger partial charge in [0.15, 0.2) is 15.6 Å². The van der Waals surface area contributed by atoms with Crippen LogP contribution in [-0.4, -0.2) is 80.0 Å². The van der Waals surface area contributed by atoms with Crippen molar-refractivity contribution in [3.63, 3.8) is 0 Å². The van der Waals surface area contributed by atoms with Crippen molar-refractivity contribution in [1.82, 2.24) is 20.4 Å². The lowest BCUT2D eigenvalue weighted by molar-refractivity contribution is -0.134. The minimum atomic E-state index is -3.34. The van der Waals surface area contributed by atoms with Crippen LogP contribution in [0.25, 0.3) is 0 Å². The molecule has 0 bridgehead atoms. The summed E-state index contributed by atoms with van der Waals surface area (Å²) in [7, 11) is -3.34. The Kier molecular flexibility index (Phi) is 8.35. The standard InChI is InChI=1S/C32H42N4O5S/c1-31(2,3)18-27(37)28(26-20-33-19-25(26)23-8-6-5-7-9-23)35-16-14-32(15-17-35)29(38)36(30(39)34-32)21-22-10-12-24(13-11-22)42(4,40)41/h5-13,25-26,28,33H,14-21H2,1-4H3,(H,34,39)/t25-,26-,28?/m1/s1. The molecule has 3 atom stereocenters. The smallest absolute Gasteiger partial charge is 0.323 e. The van der Waals surface area contributed by atoms with Crippen LogP contribution >= 0.6 is 0 Å². The lowest BCUT2D eigenvalue weighted by Gasteiger charge is -2.44. The second-order valence-electron chi connectivity index (χ2n) is 13.3. The number of ketones is 1. The number of amides is 3. The Hall–Kier alpha value is -3.08. The Morgan fingerprint density at radius 2 is 1.64 bits per heavy atom. The summed E-state index contributed by atoms with van der Waals surface area (Å²) in [6.45, 7) is 8.96. The van der Waals surface area contributed by atoms with Crippen molar-refractivity contribution < 1.29 is 22.8 Å². The van der Waals surface area contributed by atoms with E-state index in [1.165, 1.54) is 22.6 Å². The van der Waals surface area contributed by atoms with Gasteiger partial charge >= 0.3 is 6.03 Å². The molecule has 2 aromatic rings. The quantitative estimate of drug-likeness (QED) is 0.451. The monoisotopic (exact) mass is 594 g/mol. The molecule has 3 aliphatic rings. The zero-order valence-corrected chi connectivity index (χ0v) is 25.7. The molecule has 0 radical (unpaired) electrons. The number of likely N-dealkylation sites (tertiary alicyclic amines) is 1. The summed E-state index contributed by atoms with van der Waals surface area (Å²) in [5.74, 6) is 0.292. The molecule has 226 valence electrons. The molecule has 0 aliphatic carbocycles. The van der Waals surface area contributed by atoms with Gasteiger partial charge in [-0.1, -0.05) is 63.2 Å². The van der Waals surface area contributed by atoms with Crippen molar-refractivity contribution in [3.8, 4) is 0 Å². The number of nitrogens with one attached hydrogen (secondary N) is 2. The molecule has 0 saturated carbocycles. The van der Waals surface area contributed by atoms with Gasteiger partial charge in [-0.25, -0.2) is 13.2 Å². The molecule has 10 heteroatoms. The Morgan fingerprint density at radius 3 is 2.24 bits per heavy atom. The summed E-state index contributed by atoms with van der Waals surface area (Å²) in [5.41, 5.74) is 0.766. The average Bonchev–Trinajstić information content (AvgIpc) is 3.48. The number of hydrogen-bond acceptors (Lipinski definition) is 7. The van der Waals surface area contributed by atoms with E-state index < -0.39 is 21.4 Å². The van der Waals surface area contributed by atoms with E-state index in [9.17, 15) is 22.8 Å². The van der Waals surface area contributed by atoms with Gasteiger partial charge in [0.1, 0.15) is 5.54 Å².